The maximum atomic E-state index is 10.4. The molecule has 4 aromatic carbocycles. The van der Waals surface area contributed by atoms with Gasteiger partial charge in [0.15, 0.2) is 0 Å². The van der Waals surface area contributed by atoms with E-state index in [1.54, 1.807) is 12.1 Å². The average Bonchev–Trinajstić information content (AvgIpc) is 2.86. The molecule has 4 rings (SSSR count). The lowest BCUT2D eigenvalue weighted by atomic mass is 9.98. The van der Waals surface area contributed by atoms with Crippen molar-refractivity contribution in [1.29, 1.82) is 0 Å². The average molecular weight is 421 g/mol. The number of benzene rings is 4. The first kappa shape index (κ1) is 21.1. The van der Waals surface area contributed by atoms with Crippen molar-refractivity contribution in [3.8, 4) is 44.9 Å². The second-order valence-electron chi connectivity index (χ2n) is 7.30. The van der Waals surface area contributed by atoms with Crippen LogP contribution < -0.4 is 9.47 Å². The smallest absolute Gasteiger partial charge is 0.298 e. The Labute approximate surface area is 188 Å². The number of carbonyl (C=O) groups excluding carboxylic acids is 1. The third-order valence-electron chi connectivity index (χ3n) is 5.24. The lowest BCUT2D eigenvalue weighted by molar-refractivity contribution is -0.120. The molecule has 0 fully saturated rings. The minimum Gasteiger partial charge on any atom is -0.490 e. The van der Waals surface area contributed by atoms with E-state index in [9.17, 15) is 4.79 Å². The molecule has 0 radical (unpaired) electrons. The Morgan fingerprint density at radius 3 is 1.25 bits per heavy atom. The molecule has 3 heteroatoms. The van der Waals surface area contributed by atoms with E-state index in [0.29, 0.717) is 18.8 Å². The summed E-state index contributed by atoms with van der Waals surface area (Å²) in [6, 6.07) is 32.7. The van der Waals surface area contributed by atoms with Gasteiger partial charge in [0.25, 0.3) is 6.47 Å². The molecule has 0 saturated carbocycles. The Balaban J connectivity index is 1.45. The summed E-state index contributed by atoms with van der Waals surface area (Å²) in [7, 11) is 0. The van der Waals surface area contributed by atoms with Crippen LogP contribution in [0, 0.1) is 0 Å². The van der Waals surface area contributed by atoms with Crippen molar-refractivity contribution in [2.75, 3.05) is 6.61 Å². The van der Waals surface area contributed by atoms with Crippen molar-refractivity contribution in [3.63, 3.8) is 0 Å². The molecule has 158 valence electrons. The van der Waals surface area contributed by atoms with Crippen molar-refractivity contribution < 1.29 is 14.3 Å². The predicted octanol–water partition coefficient (Wildman–Crippen LogP) is 7.18. The van der Waals surface area contributed by atoms with Gasteiger partial charge in [0.1, 0.15) is 18.1 Å². The second kappa shape index (κ2) is 10.3. The number of hydrogen-bond donors (Lipinski definition) is 0. The highest BCUT2D eigenvalue weighted by molar-refractivity contribution is 5.73. The topological polar surface area (TPSA) is 35.5 Å². The summed E-state index contributed by atoms with van der Waals surface area (Å²) in [5, 5.41) is 0. The summed E-state index contributed by atoms with van der Waals surface area (Å²) < 4.78 is 10.5. The predicted molar refractivity (Wildman–Crippen MR) is 130 cm³/mol. The Morgan fingerprint density at radius 1 is 0.562 bits per heavy atom. The molecular formula is C29H24O3. The van der Waals surface area contributed by atoms with Crippen LogP contribution in [-0.4, -0.2) is 13.1 Å². The zero-order valence-corrected chi connectivity index (χ0v) is 17.9. The van der Waals surface area contributed by atoms with Crippen LogP contribution in [0.25, 0.3) is 33.4 Å². The molecule has 0 aliphatic heterocycles. The molecule has 0 amide bonds. The Kier molecular flexibility index (Phi) is 6.78. The summed E-state index contributed by atoms with van der Waals surface area (Å²) in [6.45, 7) is 3.00. The van der Waals surface area contributed by atoms with Crippen LogP contribution in [-0.2, 0) is 4.79 Å². The maximum Gasteiger partial charge on any atom is 0.298 e. The first-order chi connectivity index (χ1) is 15.8. The number of rotatable bonds is 8. The number of carbonyl (C=O) groups is 1. The molecule has 0 spiro atoms. The summed E-state index contributed by atoms with van der Waals surface area (Å²) in [5.74, 6) is 1.41. The second-order valence-corrected chi connectivity index (χ2v) is 7.30. The van der Waals surface area contributed by atoms with E-state index in [1.807, 2.05) is 43.3 Å². The van der Waals surface area contributed by atoms with Gasteiger partial charge in [0.2, 0.25) is 0 Å². The number of hydrogen-bond acceptors (Lipinski definition) is 3. The van der Waals surface area contributed by atoms with Gasteiger partial charge in [-0.15, -0.1) is 0 Å². The van der Waals surface area contributed by atoms with Gasteiger partial charge < -0.3 is 9.47 Å². The zero-order valence-electron chi connectivity index (χ0n) is 17.9. The maximum absolute atomic E-state index is 10.4. The molecule has 0 aliphatic carbocycles. The van der Waals surface area contributed by atoms with E-state index in [4.69, 9.17) is 9.47 Å². The molecular weight excluding hydrogens is 396 g/mol. The molecule has 32 heavy (non-hydrogen) atoms. The summed E-state index contributed by atoms with van der Waals surface area (Å²) in [5.41, 5.74) is 6.84. The number of allylic oxidation sites excluding steroid dienone is 1. The monoisotopic (exact) mass is 420 g/mol. The summed E-state index contributed by atoms with van der Waals surface area (Å²) >= 11 is 0. The minimum atomic E-state index is 0.435. The largest absolute Gasteiger partial charge is 0.490 e. The molecule has 0 bridgehead atoms. The highest BCUT2D eigenvalue weighted by atomic mass is 16.5. The zero-order chi connectivity index (χ0) is 22.2. The molecule has 0 heterocycles. The van der Waals surface area contributed by atoms with Crippen LogP contribution in [0.2, 0.25) is 0 Å². The van der Waals surface area contributed by atoms with Crippen molar-refractivity contribution >= 4 is 6.47 Å². The number of ether oxygens (including phenoxy) is 2. The minimum absolute atomic E-state index is 0.435. The Bertz CT molecular complexity index is 1170. The van der Waals surface area contributed by atoms with E-state index in [-0.39, 0.29) is 0 Å². The molecule has 4 aromatic rings. The third kappa shape index (κ3) is 5.13. The van der Waals surface area contributed by atoms with E-state index >= 15 is 0 Å². The van der Waals surface area contributed by atoms with Crippen LogP contribution in [0.3, 0.4) is 0 Å². The lowest BCUT2D eigenvalue weighted by Crippen LogP contribution is -1.92. The van der Waals surface area contributed by atoms with Gasteiger partial charge in [-0.2, -0.15) is 0 Å². The van der Waals surface area contributed by atoms with Crippen LogP contribution in [0.1, 0.15) is 6.92 Å². The third-order valence-corrected chi connectivity index (χ3v) is 5.24. The van der Waals surface area contributed by atoms with Crippen molar-refractivity contribution in [1.82, 2.24) is 0 Å². The van der Waals surface area contributed by atoms with Crippen LogP contribution in [0.4, 0.5) is 0 Å². The fourth-order valence-corrected chi connectivity index (χ4v) is 3.48. The van der Waals surface area contributed by atoms with Gasteiger partial charge in [-0.3, -0.25) is 4.79 Å². The van der Waals surface area contributed by atoms with Crippen molar-refractivity contribution in [2.45, 2.75) is 6.92 Å². The van der Waals surface area contributed by atoms with Crippen molar-refractivity contribution in [2.24, 2.45) is 0 Å². The van der Waals surface area contributed by atoms with Crippen LogP contribution >= 0.6 is 0 Å². The normalized spacial score (nSPS) is 10.8. The molecule has 0 aromatic heterocycles. The van der Waals surface area contributed by atoms with E-state index < -0.39 is 0 Å². The molecule has 3 nitrogen and oxygen atoms in total. The van der Waals surface area contributed by atoms with Gasteiger partial charge in [0, 0.05) is 0 Å². The highest BCUT2D eigenvalue weighted by Crippen LogP contribution is 2.29. The molecule has 0 unspecified atom stereocenters. The van der Waals surface area contributed by atoms with E-state index in [0.717, 1.165) is 28.0 Å². The standard InChI is InChI=1S/C29H24O3/c1-2-3-20-31-28-16-12-26(13-17-28)24-8-4-22(5-9-24)23-6-10-25(11-7-23)27-14-18-29(19-15-27)32-21-30/h2-19,21H,20H2,1H3/b3-2+. The van der Waals surface area contributed by atoms with Gasteiger partial charge in [-0.05, 0) is 64.6 Å². The SMILES string of the molecule is C/C=C/COc1ccc(-c2ccc(-c3ccc(-c4ccc(OC=O)cc4)cc3)cc2)cc1. The van der Waals surface area contributed by atoms with Crippen LogP contribution in [0.5, 0.6) is 11.5 Å². The van der Waals surface area contributed by atoms with Gasteiger partial charge in [-0.25, -0.2) is 0 Å². The van der Waals surface area contributed by atoms with E-state index in [1.165, 1.54) is 11.1 Å². The van der Waals surface area contributed by atoms with Gasteiger partial charge in [-0.1, -0.05) is 84.9 Å². The Morgan fingerprint density at radius 2 is 0.906 bits per heavy atom. The van der Waals surface area contributed by atoms with Gasteiger partial charge >= 0.3 is 0 Å². The quantitative estimate of drug-likeness (QED) is 0.224. The van der Waals surface area contributed by atoms with Crippen molar-refractivity contribution in [3.05, 3.63) is 109 Å². The summed E-state index contributed by atoms with van der Waals surface area (Å²) in [6.07, 6.45) is 3.97. The summed E-state index contributed by atoms with van der Waals surface area (Å²) in [4.78, 5) is 10.4. The van der Waals surface area contributed by atoms with E-state index in [2.05, 4.69) is 60.7 Å². The Hall–Kier alpha value is -4.11. The van der Waals surface area contributed by atoms with Gasteiger partial charge in [0.05, 0.1) is 0 Å². The molecule has 0 aliphatic rings. The lowest BCUT2D eigenvalue weighted by Gasteiger charge is -2.08. The molecule has 0 atom stereocenters. The molecule has 0 saturated heterocycles. The fourth-order valence-electron chi connectivity index (χ4n) is 3.48. The highest BCUT2D eigenvalue weighted by Gasteiger charge is 2.03. The first-order valence-corrected chi connectivity index (χ1v) is 10.5. The first-order valence-electron chi connectivity index (χ1n) is 10.5. The molecule has 0 N–H and O–H groups in total. The fraction of sp³-hybridized carbons (Fsp3) is 0.0690. The van der Waals surface area contributed by atoms with Crippen LogP contribution in [0.15, 0.2) is 109 Å².